The number of rotatable bonds is 3. The molecule has 2 atom stereocenters. The van der Waals surface area contributed by atoms with Gasteiger partial charge in [-0.25, -0.2) is 0 Å². The van der Waals surface area contributed by atoms with Crippen molar-refractivity contribution in [3.63, 3.8) is 0 Å². The zero-order chi connectivity index (χ0) is 11.4. The first-order valence-corrected chi connectivity index (χ1v) is 5.97. The fourth-order valence-electron chi connectivity index (χ4n) is 2.52. The van der Waals surface area contributed by atoms with E-state index in [9.17, 15) is 10.3 Å². The summed E-state index contributed by atoms with van der Waals surface area (Å²) in [6.45, 7) is 1.14. The highest BCUT2D eigenvalue weighted by molar-refractivity contribution is 5.13. The molecule has 1 saturated heterocycles. The molecule has 88 valence electrons. The Hall–Kier alpha value is -0.900. The van der Waals surface area contributed by atoms with Crippen LogP contribution < -0.4 is 0 Å². The van der Waals surface area contributed by atoms with Gasteiger partial charge < -0.3 is 15.0 Å². The van der Waals surface area contributed by atoms with Gasteiger partial charge in [-0.3, -0.25) is 0 Å². The van der Waals surface area contributed by atoms with Gasteiger partial charge in [-0.1, -0.05) is 30.3 Å². The van der Waals surface area contributed by atoms with Gasteiger partial charge in [-0.05, 0) is 12.8 Å². The third-order valence-corrected chi connectivity index (χ3v) is 3.49. The topological polar surface area (TPSA) is 43.3 Å². The van der Waals surface area contributed by atoms with Crippen molar-refractivity contribution < 1.29 is 9.75 Å². The Labute approximate surface area is 96.5 Å². The summed E-state index contributed by atoms with van der Waals surface area (Å²) in [5.41, 5.74) is 1.07. The molecule has 0 aliphatic carbocycles. The number of piperidine rings is 1. The number of aliphatic hydroxyl groups is 1. The Kier molecular flexibility index (Phi) is 3.59. The third kappa shape index (κ3) is 2.43. The first-order valence-electron chi connectivity index (χ1n) is 5.97. The highest BCUT2D eigenvalue weighted by Crippen LogP contribution is 2.27. The molecule has 0 spiro atoms. The summed E-state index contributed by atoms with van der Waals surface area (Å²) in [6, 6.07) is 9.72. The van der Waals surface area contributed by atoms with Crippen molar-refractivity contribution in [1.29, 1.82) is 0 Å². The molecule has 1 N–H and O–H groups in total. The SMILES string of the molecule is [O-][N@@+]1(Cc2ccccc2)CCCC[C@H]1CO. The Balaban J connectivity index is 2.11. The van der Waals surface area contributed by atoms with Crippen LogP contribution in [0, 0.1) is 5.21 Å². The Morgan fingerprint density at radius 2 is 2.00 bits per heavy atom. The van der Waals surface area contributed by atoms with E-state index in [0.717, 1.165) is 24.8 Å². The number of hydrogen-bond donors (Lipinski definition) is 1. The quantitative estimate of drug-likeness (QED) is 0.627. The van der Waals surface area contributed by atoms with Gasteiger partial charge in [-0.15, -0.1) is 0 Å². The van der Waals surface area contributed by atoms with Crippen molar-refractivity contribution in [3.8, 4) is 0 Å². The van der Waals surface area contributed by atoms with E-state index in [0.29, 0.717) is 13.1 Å². The number of quaternary nitrogens is 1. The van der Waals surface area contributed by atoms with Crippen LogP contribution in [-0.2, 0) is 6.54 Å². The molecule has 3 nitrogen and oxygen atoms in total. The highest BCUT2D eigenvalue weighted by atomic mass is 16.5. The maximum atomic E-state index is 12.6. The lowest BCUT2D eigenvalue weighted by atomic mass is 10.0. The van der Waals surface area contributed by atoms with Crippen LogP contribution in [-0.4, -0.2) is 28.9 Å². The first-order chi connectivity index (χ1) is 7.74. The number of nitrogens with zero attached hydrogens (tertiary/aromatic N) is 1. The van der Waals surface area contributed by atoms with Crippen molar-refractivity contribution in [3.05, 3.63) is 41.1 Å². The van der Waals surface area contributed by atoms with E-state index in [1.54, 1.807) is 0 Å². The largest absolute Gasteiger partial charge is 0.632 e. The lowest BCUT2D eigenvalue weighted by Crippen LogP contribution is -2.54. The molecule has 1 aliphatic heterocycles. The fourth-order valence-corrected chi connectivity index (χ4v) is 2.52. The fraction of sp³-hybridized carbons (Fsp3) is 0.538. The predicted octanol–water partition coefficient (Wildman–Crippen LogP) is 2.05. The van der Waals surface area contributed by atoms with E-state index in [1.165, 1.54) is 0 Å². The molecule has 1 aromatic carbocycles. The summed E-state index contributed by atoms with van der Waals surface area (Å²) in [5.74, 6) is 0. The van der Waals surface area contributed by atoms with E-state index in [1.807, 2.05) is 30.3 Å². The second-order valence-electron chi connectivity index (χ2n) is 4.65. The number of likely N-dealkylation sites (tertiary alicyclic amines) is 1. The summed E-state index contributed by atoms with van der Waals surface area (Å²) < 4.78 is -0.249. The molecular weight excluding hydrogens is 202 g/mol. The van der Waals surface area contributed by atoms with Crippen molar-refractivity contribution >= 4 is 0 Å². The number of benzene rings is 1. The zero-order valence-corrected chi connectivity index (χ0v) is 9.51. The van der Waals surface area contributed by atoms with Crippen LogP contribution in [0.3, 0.4) is 0 Å². The Morgan fingerprint density at radius 1 is 1.25 bits per heavy atom. The molecule has 0 unspecified atom stereocenters. The molecule has 16 heavy (non-hydrogen) atoms. The molecule has 0 bridgehead atoms. The van der Waals surface area contributed by atoms with E-state index in [4.69, 9.17) is 0 Å². The van der Waals surface area contributed by atoms with Crippen molar-refractivity contribution in [1.82, 2.24) is 0 Å². The third-order valence-electron chi connectivity index (χ3n) is 3.49. The standard InChI is InChI=1S/C13H19NO2/c15-11-13-8-4-5-9-14(13,16)10-12-6-2-1-3-7-12/h1-3,6-7,13,15H,4-5,8-11H2/t13-,14+/m0/s1. The minimum absolute atomic E-state index is 0.0103. The molecule has 0 amide bonds. The van der Waals surface area contributed by atoms with Gasteiger partial charge in [0.25, 0.3) is 0 Å². The smallest absolute Gasteiger partial charge is 0.112 e. The lowest BCUT2D eigenvalue weighted by molar-refractivity contribution is -0.923. The van der Waals surface area contributed by atoms with Gasteiger partial charge in [-0.2, -0.15) is 0 Å². The summed E-state index contributed by atoms with van der Waals surface area (Å²) in [5, 5.41) is 21.9. The van der Waals surface area contributed by atoms with Crippen LogP contribution in [0.4, 0.5) is 0 Å². The molecule has 0 radical (unpaired) electrons. The average molecular weight is 221 g/mol. The van der Waals surface area contributed by atoms with E-state index >= 15 is 0 Å². The van der Waals surface area contributed by atoms with Gasteiger partial charge in [0.05, 0.1) is 13.2 Å². The summed E-state index contributed by atoms with van der Waals surface area (Å²) >= 11 is 0. The molecule has 0 saturated carbocycles. The van der Waals surface area contributed by atoms with Crippen molar-refractivity contribution in [2.45, 2.75) is 31.8 Å². The van der Waals surface area contributed by atoms with Crippen molar-refractivity contribution in [2.75, 3.05) is 13.2 Å². The molecule has 3 heteroatoms. The van der Waals surface area contributed by atoms with Gasteiger partial charge in [0, 0.05) is 12.0 Å². The van der Waals surface area contributed by atoms with Crippen LogP contribution in [0.15, 0.2) is 30.3 Å². The molecular formula is C13H19NO2. The summed E-state index contributed by atoms with van der Waals surface area (Å²) in [6.07, 6.45) is 2.90. The Bertz CT molecular complexity index is 328. The maximum Gasteiger partial charge on any atom is 0.112 e. The molecule has 1 aromatic rings. The van der Waals surface area contributed by atoms with Crippen LogP contribution >= 0.6 is 0 Å². The minimum Gasteiger partial charge on any atom is -0.632 e. The molecule has 1 heterocycles. The van der Waals surface area contributed by atoms with Gasteiger partial charge in [0.15, 0.2) is 0 Å². The zero-order valence-electron chi connectivity index (χ0n) is 9.51. The number of hydroxylamine groups is 3. The molecule has 1 aliphatic rings. The van der Waals surface area contributed by atoms with E-state index in [2.05, 4.69) is 0 Å². The monoisotopic (exact) mass is 221 g/mol. The average Bonchev–Trinajstić information content (AvgIpc) is 2.30. The van der Waals surface area contributed by atoms with Crippen LogP contribution in [0.25, 0.3) is 0 Å². The van der Waals surface area contributed by atoms with Gasteiger partial charge >= 0.3 is 0 Å². The molecule has 2 rings (SSSR count). The van der Waals surface area contributed by atoms with Crippen LogP contribution in [0.1, 0.15) is 24.8 Å². The lowest BCUT2D eigenvalue weighted by Gasteiger charge is -2.51. The van der Waals surface area contributed by atoms with Crippen LogP contribution in [0.2, 0.25) is 0 Å². The van der Waals surface area contributed by atoms with Crippen LogP contribution in [0.5, 0.6) is 0 Å². The van der Waals surface area contributed by atoms with Gasteiger partial charge in [0.2, 0.25) is 0 Å². The van der Waals surface area contributed by atoms with E-state index in [-0.39, 0.29) is 17.3 Å². The van der Waals surface area contributed by atoms with E-state index < -0.39 is 0 Å². The molecule has 0 aromatic heterocycles. The first kappa shape index (κ1) is 11.6. The maximum absolute atomic E-state index is 12.6. The second-order valence-corrected chi connectivity index (χ2v) is 4.65. The summed E-state index contributed by atoms with van der Waals surface area (Å²) in [4.78, 5) is 0. The van der Waals surface area contributed by atoms with Crippen molar-refractivity contribution in [2.24, 2.45) is 0 Å². The second kappa shape index (κ2) is 4.95. The summed E-state index contributed by atoms with van der Waals surface area (Å²) in [7, 11) is 0. The number of aliphatic hydroxyl groups excluding tert-OH is 1. The molecule has 1 fully saturated rings. The number of hydrogen-bond acceptors (Lipinski definition) is 2. The Morgan fingerprint density at radius 3 is 2.69 bits per heavy atom. The normalized spacial score (nSPS) is 30.2. The predicted molar refractivity (Wildman–Crippen MR) is 63.4 cm³/mol. The minimum atomic E-state index is -0.249. The van der Waals surface area contributed by atoms with Gasteiger partial charge in [0.1, 0.15) is 12.6 Å². The highest BCUT2D eigenvalue weighted by Gasteiger charge is 2.31.